The fourth-order valence-corrected chi connectivity index (χ4v) is 1.91. The van der Waals surface area contributed by atoms with Crippen molar-refractivity contribution in [2.24, 2.45) is 0 Å². The molecule has 0 unspecified atom stereocenters. The van der Waals surface area contributed by atoms with E-state index in [4.69, 9.17) is 4.74 Å². The topological polar surface area (TPSA) is 26.3 Å². The molecule has 0 aromatic heterocycles. The summed E-state index contributed by atoms with van der Waals surface area (Å²) in [6.07, 6.45) is 1.17. The Morgan fingerprint density at radius 1 is 1.18 bits per heavy atom. The molecule has 0 saturated carbocycles. The first-order valence-electron chi connectivity index (χ1n) is 5.46. The van der Waals surface area contributed by atoms with Gasteiger partial charge in [0.1, 0.15) is 5.75 Å². The lowest BCUT2D eigenvalue weighted by Crippen LogP contribution is -2.04. The fraction of sp³-hybridized carbons (Fsp3) is 0.133. The van der Waals surface area contributed by atoms with Gasteiger partial charge in [-0.25, -0.2) is 4.79 Å². The summed E-state index contributed by atoms with van der Waals surface area (Å²) in [4.78, 5) is 11.2. The molecule has 0 fully saturated rings. The predicted molar refractivity (Wildman–Crippen MR) is 69.3 cm³/mol. The van der Waals surface area contributed by atoms with E-state index in [9.17, 15) is 4.79 Å². The van der Waals surface area contributed by atoms with Gasteiger partial charge in [0.2, 0.25) is 0 Å². The van der Waals surface area contributed by atoms with E-state index in [-0.39, 0.29) is 0 Å². The quantitative estimate of drug-likeness (QED) is 0.444. The monoisotopic (exact) mass is 226 g/mol. The Labute approximate surface area is 101 Å². The maximum absolute atomic E-state index is 11.2. The zero-order chi connectivity index (χ0) is 12.4. The summed E-state index contributed by atoms with van der Waals surface area (Å²) >= 11 is 0. The molecule has 2 rings (SSSR count). The average Bonchev–Trinajstić information content (AvgIpc) is 2.33. The van der Waals surface area contributed by atoms with Gasteiger partial charge in [-0.15, -0.1) is 0 Å². The van der Waals surface area contributed by atoms with E-state index in [1.54, 1.807) is 0 Å². The van der Waals surface area contributed by atoms with Gasteiger partial charge in [-0.1, -0.05) is 30.8 Å². The molecular weight excluding hydrogens is 212 g/mol. The van der Waals surface area contributed by atoms with Crippen molar-refractivity contribution in [1.82, 2.24) is 0 Å². The number of benzene rings is 2. The Bertz CT molecular complexity index is 597. The van der Waals surface area contributed by atoms with Crippen LogP contribution < -0.4 is 4.74 Å². The molecule has 86 valence electrons. The molecule has 0 aliphatic heterocycles. The zero-order valence-corrected chi connectivity index (χ0v) is 9.99. The third-order valence-electron chi connectivity index (χ3n) is 2.88. The number of hydrogen-bond donors (Lipinski definition) is 0. The van der Waals surface area contributed by atoms with Crippen LogP contribution in [0.5, 0.6) is 5.75 Å². The summed E-state index contributed by atoms with van der Waals surface area (Å²) in [5.41, 5.74) is 2.19. The van der Waals surface area contributed by atoms with Gasteiger partial charge in [0.05, 0.1) is 0 Å². The molecule has 2 aromatic carbocycles. The molecule has 17 heavy (non-hydrogen) atoms. The van der Waals surface area contributed by atoms with Crippen molar-refractivity contribution in [3.05, 3.63) is 54.1 Å². The number of ether oxygens (including phenoxy) is 1. The normalized spacial score (nSPS) is 10.2. The minimum Gasteiger partial charge on any atom is -0.423 e. The SMILES string of the molecule is C=CC(=O)Oc1ccc2c(C)cccc2c1C. The first kappa shape index (κ1) is 11.4. The van der Waals surface area contributed by atoms with Crippen molar-refractivity contribution in [3.63, 3.8) is 0 Å². The van der Waals surface area contributed by atoms with E-state index in [1.165, 1.54) is 17.0 Å². The van der Waals surface area contributed by atoms with Crippen molar-refractivity contribution in [1.29, 1.82) is 0 Å². The molecule has 2 nitrogen and oxygen atoms in total. The van der Waals surface area contributed by atoms with Crippen LogP contribution in [0.3, 0.4) is 0 Å². The van der Waals surface area contributed by atoms with Gasteiger partial charge in [-0.3, -0.25) is 0 Å². The van der Waals surface area contributed by atoms with Crippen molar-refractivity contribution >= 4 is 16.7 Å². The Morgan fingerprint density at radius 3 is 2.65 bits per heavy atom. The van der Waals surface area contributed by atoms with Crippen molar-refractivity contribution < 1.29 is 9.53 Å². The minimum atomic E-state index is -0.430. The van der Waals surface area contributed by atoms with E-state index >= 15 is 0 Å². The highest BCUT2D eigenvalue weighted by molar-refractivity contribution is 5.91. The molecule has 2 aromatic rings. The predicted octanol–water partition coefficient (Wildman–Crippen LogP) is 3.55. The van der Waals surface area contributed by atoms with Crippen LogP contribution in [0.15, 0.2) is 43.0 Å². The van der Waals surface area contributed by atoms with Crippen LogP contribution in [0.1, 0.15) is 11.1 Å². The Morgan fingerprint density at radius 2 is 1.94 bits per heavy atom. The van der Waals surface area contributed by atoms with Crippen LogP contribution >= 0.6 is 0 Å². The maximum Gasteiger partial charge on any atom is 0.335 e. The highest BCUT2D eigenvalue weighted by Gasteiger charge is 2.08. The summed E-state index contributed by atoms with van der Waals surface area (Å²) in [5.74, 6) is 0.160. The summed E-state index contributed by atoms with van der Waals surface area (Å²) in [5, 5.41) is 2.29. The van der Waals surface area contributed by atoms with E-state index in [0.29, 0.717) is 5.75 Å². The molecule has 0 aliphatic rings. The number of hydrogen-bond acceptors (Lipinski definition) is 2. The molecule has 0 atom stereocenters. The van der Waals surface area contributed by atoms with Crippen LogP contribution in [-0.2, 0) is 4.79 Å². The molecule has 0 heterocycles. The van der Waals surface area contributed by atoms with Crippen LogP contribution in [0.25, 0.3) is 10.8 Å². The number of esters is 1. The summed E-state index contributed by atoms with van der Waals surface area (Å²) < 4.78 is 5.19. The molecule has 0 amide bonds. The highest BCUT2D eigenvalue weighted by atomic mass is 16.5. The van der Waals surface area contributed by atoms with Gasteiger partial charge in [0, 0.05) is 6.08 Å². The third kappa shape index (κ3) is 2.07. The van der Waals surface area contributed by atoms with E-state index in [0.717, 1.165) is 10.9 Å². The Balaban J connectivity index is 2.58. The van der Waals surface area contributed by atoms with Crippen molar-refractivity contribution in [2.45, 2.75) is 13.8 Å². The summed E-state index contributed by atoms with van der Waals surface area (Å²) in [6.45, 7) is 7.41. The molecule has 0 N–H and O–H groups in total. The molecule has 0 bridgehead atoms. The first-order chi connectivity index (χ1) is 8.13. The van der Waals surface area contributed by atoms with Gasteiger partial charge < -0.3 is 4.74 Å². The first-order valence-corrected chi connectivity index (χ1v) is 5.46. The van der Waals surface area contributed by atoms with Crippen molar-refractivity contribution in [3.8, 4) is 5.75 Å². The number of carbonyl (C=O) groups excluding carboxylic acids is 1. The second-order valence-corrected chi connectivity index (χ2v) is 3.98. The highest BCUT2D eigenvalue weighted by Crippen LogP contribution is 2.29. The van der Waals surface area contributed by atoms with Crippen LogP contribution in [0.2, 0.25) is 0 Å². The van der Waals surface area contributed by atoms with E-state index in [2.05, 4.69) is 19.6 Å². The molecule has 0 aliphatic carbocycles. The molecule has 2 heteroatoms. The summed E-state index contributed by atoms with van der Waals surface area (Å²) in [6, 6.07) is 9.90. The van der Waals surface area contributed by atoms with Gasteiger partial charge in [-0.05, 0) is 41.8 Å². The Hall–Kier alpha value is -2.09. The van der Waals surface area contributed by atoms with Crippen LogP contribution in [0, 0.1) is 13.8 Å². The largest absolute Gasteiger partial charge is 0.423 e. The standard InChI is InChI=1S/C15H14O2/c1-4-15(16)17-14-9-8-12-10(2)6-5-7-13(12)11(14)3/h4-9H,1H2,2-3H3. The molecule has 0 radical (unpaired) electrons. The number of fused-ring (bicyclic) bond motifs is 1. The Kier molecular flexibility index (Phi) is 2.96. The second-order valence-electron chi connectivity index (χ2n) is 3.98. The number of aryl methyl sites for hydroxylation is 2. The lowest BCUT2D eigenvalue weighted by Gasteiger charge is -2.10. The van der Waals surface area contributed by atoms with E-state index < -0.39 is 5.97 Å². The average molecular weight is 226 g/mol. The van der Waals surface area contributed by atoms with E-state index in [1.807, 2.05) is 31.2 Å². The maximum atomic E-state index is 11.2. The van der Waals surface area contributed by atoms with Gasteiger partial charge in [0.25, 0.3) is 0 Å². The molecule has 0 spiro atoms. The summed E-state index contributed by atoms with van der Waals surface area (Å²) in [7, 11) is 0. The third-order valence-corrected chi connectivity index (χ3v) is 2.88. The molecular formula is C15H14O2. The van der Waals surface area contributed by atoms with Gasteiger partial charge in [-0.2, -0.15) is 0 Å². The van der Waals surface area contributed by atoms with Gasteiger partial charge >= 0.3 is 5.97 Å². The smallest absolute Gasteiger partial charge is 0.335 e. The number of rotatable bonds is 2. The lowest BCUT2D eigenvalue weighted by molar-refractivity contribution is -0.128. The lowest BCUT2D eigenvalue weighted by atomic mass is 10.0. The minimum absolute atomic E-state index is 0.430. The van der Waals surface area contributed by atoms with Crippen LogP contribution in [-0.4, -0.2) is 5.97 Å². The fourth-order valence-electron chi connectivity index (χ4n) is 1.91. The second kappa shape index (κ2) is 4.42. The van der Waals surface area contributed by atoms with Crippen LogP contribution in [0.4, 0.5) is 0 Å². The van der Waals surface area contributed by atoms with Gasteiger partial charge in [0.15, 0.2) is 0 Å². The number of carbonyl (C=O) groups is 1. The van der Waals surface area contributed by atoms with Crippen molar-refractivity contribution in [2.75, 3.05) is 0 Å². The zero-order valence-electron chi connectivity index (χ0n) is 9.99. The molecule has 0 saturated heterocycles.